The average Bonchev–Trinajstić information content (AvgIpc) is 2.97. The lowest BCUT2D eigenvalue weighted by molar-refractivity contribution is 0.105. The summed E-state index contributed by atoms with van der Waals surface area (Å²) < 4.78 is 0. The third-order valence-electron chi connectivity index (χ3n) is 3.84. The first-order valence-electron chi connectivity index (χ1n) is 6.25. The molecule has 1 atom stereocenters. The van der Waals surface area contributed by atoms with Crippen LogP contribution in [0.25, 0.3) is 0 Å². The Hall–Kier alpha value is -0.450. The summed E-state index contributed by atoms with van der Waals surface area (Å²) in [5.74, 6) is 0. The van der Waals surface area contributed by atoms with Crippen molar-refractivity contribution in [3.8, 4) is 0 Å². The fourth-order valence-electron chi connectivity index (χ4n) is 2.89. The van der Waals surface area contributed by atoms with E-state index in [1.54, 1.807) is 11.3 Å². The van der Waals surface area contributed by atoms with Crippen LogP contribution in [0, 0.1) is 0 Å². The largest absolute Gasteiger partial charge is 0.300 e. The van der Waals surface area contributed by atoms with Crippen LogP contribution >= 0.6 is 11.3 Å². The predicted octanol–water partition coefficient (Wildman–Crippen LogP) is 1.47. The van der Waals surface area contributed by atoms with Crippen LogP contribution in [0.15, 0.2) is 10.9 Å². The molecular formula is C12H19N3S. The summed E-state index contributed by atoms with van der Waals surface area (Å²) in [4.78, 5) is 9.63. The van der Waals surface area contributed by atoms with E-state index in [4.69, 9.17) is 0 Å². The highest BCUT2D eigenvalue weighted by molar-refractivity contribution is 7.07. The van der Waals surface area contributed by atoms with Crippen molar-refractivity contribution in [2.75, 3.05) is 32.7 Å². The second-order valence-corrected chi connectivity index (χ2v) is 5.58. The average molecular weight is 237 g/mol. The van der Waals surface area contributed by atoms with Gasteiger partial charge < -0.3 is 4.90 Å². The first kappa shape index (κ1) is 10.7. The first-order valence-corrected chi connectivity index (χ1v) is 7.19. The molecule has 1 aromatic rings. The van der Waals surface area contributed by atoms with E-state index < -0.39 is 0 Å². The molecule has 3 nitrogen and oxygen atoms in total. The molecule has 1 unspecified atom stereocenters. The Morgan fingerprint density at radius 3 is 3.25 bits per heavy atom. The highest BCUT2D eigenvalue weighted by Gasteiger charge is 2.29. The zero-order valence-corrected chi connectivity index (χ0v) is 10.5. The number of rotatable bonds is 3. The smallest absolute Gasteiger partial charge is 0.0794 e. The molecule has 4 heteroatoms. The summed E-state index contributed by atoms with van der Waals surface area (Å²) in [5.41, 5.74) is 3.20. The molecule has 2 fully saturated rings. The molecule has 0 spiro atoms. The number of aromatic nitrogens is 1. The summed E-state index contributed by atoms with van der Waals surface area (Å²) in [6, 6.07) is 0.851. The van der Waals surface area contributed by atoms with E-state index in [1.807, 2.05) is 5.51 Å². The topological polar surface area (TPSA) is 19.4 Å². The SMILES string of the molecule is c1nc(CCN2CCN3CCCC3C2)cs1. The standard InChI is InChI=1S/C12H19N3S/c1-2-12-8-14(6-7-15(12)4-1)5-3-11-9-16-10-13-11/h9-10,12H,1-8H2. The van der Waals surface area contributed by atoms with Crippen molar-refractivity contribution >= 4 is 11.3 Å². The van der Waals surface area contributed by atoms with Crippen molar-refractivity contribution < 1.29 is 0 Å². The molecule has 0 aromatic carbocycles. The van der Waals surface area contributed by atoms with Gasteiger partial charge in [0.1, 0.15) is 0 Å². The molecule has 0 saturated carbocycles. The number of nitrogens with zero attached hydrogens (tertiary/aromatic N) is 3. The molecule has 0 N–H and O–H groups in total. The predicted molar refractivity (Wildman–Crippen MR) is 66.9 cm³/mol. The molecular weight excluding hydrogens is 218 g/mol. The van der Waals surface area contributed by atoms with E-state index in [2.05, 4.69) is 20.2 Å². The Morgan fingerprint density at radius 2 is 2.38 bits per heavy atom. The van der Waals surface area contributed by atoms with Gasteiger partial charge in [-0.2, -0.15) is 0 Å². The Morgan fingerprint density at radius 1 is 1.38 bits per heavy atom. The normalized spacial score (nSPS) is 27.1. The van der Waals surface area contributed by atoms with Crippen molar-refractivity contribution in [3.05, 3.63) is 16.6 Å². The van der Waals surface area contributed by atoms with Gasteiger partial charge in [-0.05, 0) is 19.4 Å². The lowest BCUT2D eigenvalue weighted by Gasteiger charge is -2.37. The third kappa shape index (κ3) is 2.29. The molecule has 16 heavy (non-hydrogen) atoms. The second-order valence-electron chi connectivity index (χ2n) is 4.86. The fraction of sp³-hybridized carbons (Fsp3) is 0.750. The molecule has 2 aliphatic heterocycles. The minimum atomic E-state index is 0.851. The van der Waals surface area contributed by atoms with Gasteiger partial charge in [0.05, 0.1) is 11.2 Å². The van der Waals surface area contributed by atoms with Crippen LogP contribution in [0.3, 0.4) is 0 Å². The van der Waals surface area contributed by atoms with Gasteiger partial charge in [0.15, 0.2) is 0 Å². The maximum absolute atomic E-state index is 4.35. The zero-order chi connectivity index (χ0) is 10.8. The van der Waals surface area contributed by atoms with Crippen LogP contribution < -0.4 is 0 Å². The van der Waals surface area contributed by atoms with Crippen molar-refractivity contribution in [2.24, 2.45) is 0 Å². The molecule has 0 bridgehead atoms. The number of hydrogen-bond donors (Lipinski definition) is 0. The highest BCUT2D eigenvalue weighted by atomic mass is 32.1. The van der Waals surface area contributed by atoms with Gasteiger partial charge in [-0.25, -0.2) is 4.98 Å². The van der Waals surface area contributed by atoms with Gasteiger partial charge in [0.2, 0.25) is 0 Å². The van der Waals surface area contributed by atoms with Gasteiger partial charge >= 0.3 is 0 Å². The van der Waals surface area contributed by atoms with Crippen molar-refractivity contribution in [1.82, 2.24) is 14.8 Å². The van der Waals surface area contributed by atoms with Gasteiger partial charge in [0, 0.05) is 44.0 Å². The van der Waals surface area contributed by atoms with E-state index in [-0.39, 0.29) is 0 Å². The van der Waals surface area contributed by atoms with E-state index >= 15 is 0 Å². The fourth-order valence-corrected chi connectivity index (χ4v) is 3.49. The van der Waals surface area contributed by atoms with Gasteiger partial charge in [-0.1, -0.05) is 0 Å². The first-order chi connectivity index (χ1) is 7.92. The van der Waals surface area contributed by atoms with E-state index in [1.165, 1.54) is 51.3 Å². The molecule has 0 aliphatic carbocycles. The quantitative estimate of drug-likeness (QED) is 0.793. The van der Waals surface area contributed by atoms with Crippen molar-refractivity contribution in [1.29, 1.82) is 0 Å². The van der Waals surface area contributed by atoms with Crippen LogP contribution in [0.1, 0.15) is 18.5 Å². The summed E-state index contributed by atoms with van der Waals surface area (Å²) >= 11 is 1.70. The molecule has 0 amide bonds. The molecule has 0 radical (unpaired) electrons. The van der Waals surface area contributed by atoms with Gasteiger partial charge in [-0.15, -0.1) is 11.3 Å². The van der Waals surface area contributed by atoms with Gasteiger partial charge in [0.25, 0.3) is 0 Å². The molecule has 2 saturated heterocycles. The molecule has 3 rings (SSSR count). The van der Waals surface area contributed by atoms with E-state index in [0.29, 0.717) is 0 Å². The van der Waals surface area contributed by atoms with Crippen LogP contribution in [-0.4, -0.2) is 53.5 Å². The second kappa shape index (κ2) is 4.82. The van der Waals surface area contributed by atoms with Crippen LogP contribution in [-0.2, 0) is 6.42 Å². The number of hydrogen-bond acceptors (Lipinski definition) is 4. The highest BCUT2D eigenvalue weighted by Crippen LogP contribution is 2.21. The lowest BCUT2D eigenvalue weighted by Crippen LogP contribution is -2.50. The van der Waals surface area contributed by atoms with Crippen molar-refractivity contribution in [3.63, 3.8) is 0 Å². The van der Waals surface area contributed by atoms with Crippen LogP contribution in [0.2, 0.25) is 0 Å². The summed E-state index contributed by atoms with van der Waals surface area (Å²) in [6.07, 6.45) is 3.94. The van der Waals surface area contributed by atoms with E-state index in [9.17, 15) is 0 Å². The number of fused-ring (bicyclic) bond motifs is 1. The maximum Gasteiger partial charge on any atom is 0.0794 e. The minimum absolute atomic E-state index is 0.851. The lowest BCUT2D eigenvalue weighted by atomic mass is 10.1. The van der Waals surface area contributed by atoms with E-state index in [0.717, 1.165) is 12.5 Å². The Labute approximate surface area is 101 Å². The molecule has 2 aliphatic rings. The van der Waals surface area contributed by atoms with Gasteiger partial charge in [-0.3, -0.25) is 4.90 Å². The Bertz CT molecular complexity index is 325. The molecule has 1 aromatic heterocycles. The third-order valence-corrected chi connectivity index (χ3v) is 4.47. The maximum atomic E-state index is 4.35. The number of piperazine rings is 1. The summed E-state index contributed by atoms with van der Waals surface area (Å²) in [6.45, 7) is 6.34. The molecule has 88 valence electrons. The van der Waals surface area contributed by atoms with Crippen LogP contribution in [0.5, 0.6) is 0 Å². The Balaban J connectivity index is 1.49. The van der Waals surface area contributed by atoms with Crippen LogP contribution in [0.4, 0.5) is 0 Å². The Kier molecular flexibility index (Phi) is 3.22. The summed E-state index contributed by atoms with van der Waals surface area (Å²) in [7, 11) is 0. The number of thiazole rings is 1. The van der Waals surface area contributed by atoms with Crippen molar-refractivity contribution in [2.45, 2.75) is 25.3 Å². The molecule has 3 heterocycles. The minimum Gasteiger partial charge on any atom is -0.300 e. The summed E-state index contributed by atoms with van der Waals surface area (Å²) in [5, 5.41) is 2.17. The monoisotopic (exact) mass is 237 g/mol. The zero-order valence-electron chi connectivity index (χ0n) is 9.64.